The third-order valence-electron chi connectivity index (χ3n) is 3.61. The van der Waals surface area contributed by atoms with Crippen LogP contribution in [0.1, 0.15) is 32.3 Å². The number of hydrogen-bond acceptors (Lipinski definition) is 3. The van der Waals surface area contributed by atoms with Crippen molar-refractivity contribution >= 4 is 41.7 Å². The number of aliphatic imine (C=N–C) groups is 1. The topological polar surface area (TPSA) is 54.2 Å². The summed E-state index contributed by atoms with van der Waals surface area (Å²) in [5.41, 5.74) is 1.20. The second-order valence-corrected chi connectivity index (χ2v) is 7.49. The maximum Gasteiger partial charge on any atom is 0.191 e. The fraction of sp³-hybridized carbons (Fsp3) is 0.733. The molecule has 0 aliphatic carbocycles. The third-order valence-corrected chi connectivity index (χ3v) is 5.13. The lowest BCUT2D eigenvalue weighted by molar-refractivity contribution is 0.591. The van der Waals surface area contributed by atoms with Gasteiger partial charge in [-0.25, -0.2) is 0 Å². The minimum atomic E-state index is 0. The summed E-state index contributed by atoms with van der Waals surface area (Å²) in [6.45, 7) is 9.93. The van der Waals surface area contributed by atoms with Gasteiger partial charge in [0.2, 0.25) is 0 Å². The zero-order valence-corrected chi connectivity index (χ0v) is 16.9. The second kappa shape index (κ2) is 9.64. The van der Waals surface area contributed by atoms with Gasteiger partial charge in [0.15, 0.2) is 5.96 Å². The van der Waals surface area contributed by atoms with Gasteiger partial charge in [0.1, 0.15) is 0 Å². The summed E-state index contributed by atoms with van der Waals surface area (Å²) in [4.78, 5) is 4.75. The highest BCUT2D eigenvalue weighted by atomic mass is 127. The van der Waals surface area contributed by atoms with E-state index < -0.39 is 0 Å². The summed E-state index contributed by atoms with van der Waals surface area (Å²) in [5, 5.41) is 11.0. The average Bonchev–Trinajstić information content (AvgIpc) is 3.06. The Bertz CT molecular complexity index is 468. The lowest BCUT2D eigenvalue weighted by Gasteiger charge is -2.21. The number of aryl methyl sites for hydroxylation is 1. The summed E-state index contributed by atoms with van der Waals surface area (Å²) in [6, 6.07) is 0. The van der Waals surface area contributed by atoms with Crippen LogP contribution in [-0.4, -0.2) is 45.9 Å². The van der Waals surface area contributed by atoms with Gasteiger partial charge in [-0.1, -0.05) is 0 Å². The molecule has 2 heterocycles. The van der Waals surface area contributed by atoms with Crippen LogP contribution < -0.4 is 10.6 Å². The van der Waals surface area contributed by atoms with Crippen molar-refractivity contribution < 1.29 is 0 Å². The molecule has 1 unspecified atom stereocenters. The van der Waals surface area contributed by atoms with Crippen LogP contribution in [0.3, 0.4) is 0 Å². The summed E-state index contributed by atoms with van der Waals surface area (Å²) in [5.74, 6) is 2.18. The zero-order chi connectivity index (χ0) is 15.1. The molecule has 0 spiro atoms. The number of hydrogen-bond donors (Lipinski definition) is 2. The van der Waals surface area contributed by atoms with E-state index in [0.717, 1.165) is 32.1 Å². The van der Waals surface area contributed by atoms with Crippen molar-refractivity contribution in [2.75, 3.05) is 25.4 Å². The van der Waals surface area contributed by atoms with E-state index in [4.69, 9.17) is 4.99 Å². The Balaban J connectivity index is 0.00000242. The predicted octanol–water partition coefficient (Wildman–Crippen LogP) is 2.65. The highest BCUT2D eigenvalue weighted by Gasteiger charge is 2.29. The smallest absolute Gasteiger partial charge is 0.191 e. The Morgan fingerprint density at radius 3 is 2.91 bits per heavy atom. The highest BCUT2D eigenvalue weighted by Crippen LogP contribution is 2.37. The molecule has 0 bridgehead atoms. The summed E-state index contributed by atoms with van der Waals surface area (Å²) in [6.07, 6.45) is 6.53. The number of halogens is 1. The molecular weight excluding hydrogens is 409 g/mol. The fourth-order valence-corrected chi connectivity index (χ4v) is 3.65. The van der Waals surface area contributed by atoms with Crippen molar-refractivity contribution in [1.82, 2.24) is 20.4 Å². The number of nitrogens with one attached hydrogen (secondary N) is 2. The molecule has 2 rings (SSSR count). The molecule has 7 heteroatoms. The van der Waals surface area contributed by atoms with Gasteiger partial charge >= 0.3 is 0 Å². The van der Waals surface area contributed by atoms with Crippen LogP contribution in [-0.2, 0) is 6.54 Å². The molecule has 1 aromatic rings. The van der Waals surface area contributed by atoms with Crippen molar-refractivity contribution in [3.05, 3.63) is 18.0 Å². The van der Waals surface area contributed by atoms with E-state index in [9.17, 15) is 0 Å². The first-order valence-corrected chi connectivity index (χ1v) is 8.75. The van der Waals surface area contributed by atoms with Gasteiger partial charge in [-0.05, 0) is 44.9 Å². The Kier molecular flexibility index (Phi) is 8.59. The molecule has 0 amide bonds. The Morgan fingerprint density at radius 1 is 1.50 bits per heavy atom. The van der Waals surface area contributed by atoms with Crippen LogP contribution in [0.15, 0.2) is 17.4 Å². The van der Waals surface area contributed by atoms with Crippen molar-refractivity contribution in [1.29, 1.82) is 0 Å². The van der Waals surface area contributed by atoms with Gasteiger partial charge in [-0.2, -0.15) is 16.9 Å². The molecule has 2 N–H and O–H groups in total. The van der Waals surface area contributed by atoms with Crippen molar-refractivity contribution in [2.24, 2.45) is 4.99 Å². The molecule has 5 nitrogen and oxygen atoms in total. The summed E-state index contributed by atoms with van der Waals surface area (Å²) >= 11 is 2.05. The molecule has 0 aromatic carbocycles. The van der Waals surface area contributed by atoms with Crippen LogP contribution in [0.4, 0.5) is 0 Å². The van der Waals surface area contributed by atoms with E-state index in [-0.39, 0.29) is 24.0 Å². The molecule has 1 saturated heterocycles. The number of rotatable bonds is 6. The van der Waals surface area contributed by atoms with Gasteiger partial charge in [-0.3, -0.25) is 9.67 Å². The van der Waals surface area contributed by atoms with Crippen LogP contribution >= 0.6 is 35.7 Å². The summed E-state index contributed by atoms with van der Waals surface area (Å²) < 4.78 is 2.28. The first-order valence-electron chi connectivity index (χ1n) is 7.76. The molecule has 22 heavy (non-hydrogen) atoms. The standard InChI is InChI=1S/C15H27N5S.HI/c1-4-16-14(18-12-15(3)6-5-9-21-15)17-7-8-20-11-13(2)10-19-20;/h10-11H,4-9,12H2,1-3H3,(H2,16,17,18);1H. The van der Waals surface area contributed by atoms with Gasteiger partial charge in [-0.15, -0.1) is 24.0 Å². The molecule has 126 valence electrons. The Hall–Kier alpha value is -0.440. The fourth-order valence-electron chi connectivity index (χ4n) is 2.43. The molecule has 1 aliphatic heterocycles. The van der Waals surface area contributed by atoms with Gasteiger partial charge in [0, 0.05) is 24.0 Å². The minimum absolute atomic E-state index is 0. The van der Waals surface area contributed by atoms with Gasteiger partial charge in [0.05, 0.1) is 19.3 Å². The quantitative estimate of drug-likeness (QED) is 0.408. The Morgan fingerprint density at radius 2 is 2.32 bits per heavy atom. The molecule has 1 atom stereocenters. The first-order chi connectivity index (χ1) is 10.1. The molecular formula is C15H28IN5S. The van der Waals surface area contributed by atoms with E-state index >= 15 is 0 Å². The highest BCUT2D eigenvalue weighted by molar-refractivity contribution is 14.0. The van der Waals surface area contributed by atoms with E-state index in [1.807, 2.05) is 10.9 Å². The molecule has 1 fully saturated rings. The van der Waals surface area contributed by atoms with Crippen LogP contribution in [0.2, 0.25) is 0 Å². The number of nitrogens with zero attached hydrogens (tertiary/aromatic N) is 3. The van der Waals surface area contributed by atoms with E-state index in [1.54, 1.807) is 0 Å². The van der Waals surface area contributed by atoms with Gasteiger partial charge in [0.25, 0.3) is 0 Å². The lowest BCUT2D eigenvalue weighted by Crippen LogP contribution is -2.40. The van der Waals surface area contributed by atoms with Crippen LogP contribution in [0, 0.1) is 6.92 Å². The monoisotopic (exact) mass is 437 g/mol. The maximum atomic E-state index is 4.75. The summed E-state index contributed by atoms with van der Waals surface area (Å²) in [7, 11) is 0. The molecule has 1 aromatic heterocycles. The normalized spacial score (nSPS) is 21.5. The molecule has 1 aliphatic rings. The minimum Gasteiger partial charge on any atom is -0.357 e. The maximum absolute atomic E-state index is 4.75. The van der Waals surface area contributed by atoms with Crippen molar-refractivity contribution in [2.45, 2.75) is 44.9 Å². The van der Waals surface area contributed by atoms with Crippen LogP contribution in [0.5, 0.6) is 0 Å². The number of guanidine groups is 1. The molecule has 0 radical (unpaired) electrons. The number of thioether (sulfide) groups is 1. The second-order valence-electron chi connectivity index (χ2n) is 5.80. The van der Waals surface area contributed by atoms with Crippen molar-refractivity contribution in [3.63, 3.8) is 0 Å². The van der Waals surface area contributed by atoms with E-state index in [1.165, 1.54) is 24.2 Å². The lowest BCUT2D eigenvalue weighted by atomic mass is 10.1. The zero-order valence-electron chi connectivity index (χ0n) is 13.8. The SMILES string of the molecule is CCNC(=NCC1(C)CCCS1)NCCn1cc(C)cn1.I. The molecule has 0 saturated carbocycles. The van der Waals surface area contributed by atoms with Crippen molar-refractivity contribution in [3.8, 4) is 0 Å². The largest absolute Gasteiger partial charge is 0.357 e. The van der Waals surface area contributed by atoms with Crippen LogP contribution in [0.25, 0.3) is 0 Å². The third kappa shape index (κ3) is 6.36. The van der Waals surface area contributed by atoms with Gasteiger partial charge < -0.3 is 10.6 Å². The predicted molar refractivity (Wildman–Crippen MR) is 106 cm³/mol. The van der Waals surface area contributed by atoms with E-state index in [2.05, 4.69) is 54.5 Å². The number of aromatic nitrogens is 2. The first kappa shape index (κ1) is 19.6. The van der Waals surface area contributed by atoms with E-state index in [0.29, 0.717) is 4.75 Å². The Labute approximate surface area is 155 Å². The average molecular weight is 437 g/mol.